The number of hydrogen-bond acceptors (Lipinski definition) is 2. The number of amides is 2. The molecule has 0 saturated carbocycles. The fraction of sp³-hybridized carbons (Fsp3) is 0.263. The molecule has 4 nitrogen and oxygen atoms in total. The summed E-state index contributed by atoms with van der Waals surface area (Å²) in [6, 6.07) is 10.9. The highest BCUT2D eigenvalue weighted by Crippen LogP contribution is 2.21. The molecule has 25 heavy (non-hydrogen) atoms. The summed E-state index contributed by atoms with van der Waals surface area (Å²) in [6.45, 7) is 3.29. The molecule has 0 spiro atoms. The fourth-order valence-corrected chi connectivity index (χ4v) is 2.42. The zero-order valence-electron chi connectivity index (χ0n) is 14.3. The second kappa shape index (κ2) is 7.88. The molecular weight excluding hydrogens is 326 g/mol. The lowest BCUT2D eigenvalue weighted by Crippen LogP contribution is -2.46. The molecule has 1 N–H and O–H groups in total. The average molecular weight is 346 g/mol. The molecular formula is C19H20F2N2O2. The number of carbonyl (C=O) groups excluding carboxylic acids is 2. The van der Waals surface area contributed by atoms with E-state index in [1.165, 1.54) is 11.0 Å². The maximum absolute atomic E-state index is 13.4. The fourth-order valence-electron chi connectivity index (χ4n) is 2.42. The number of rotatable bonds is 5. The van der Waals surface area contributed by atoms with E-state index in [1.54, 1.807) is 51.2 Å². The van der Waals surface area contributed by atoms with E-state index >= 15 is 0 Å². The van der Waals surface area contributed by atoms with Crippen LogP contribution in [-0.4, -0.2) is 29.8 Å². The van der Waals surface area contributed by atoms with Crippen LogP contribution < -0.4 is 5.32 Å². The van der Waals surface area contributed by atoms with Gasteiger partial charge in [-0.3, -0.25) is 9.59 Å². The van der Waals surface area contributed by atoms with Crippen molar-refractivity contribution >= 4 is 11.8 Å². The number of benzene rings is 2. The van der Waals surface area contributed by atoms with Crippen LogP contribution in [0.4, 0.5) is 8.78 Å². The van der Waals surface area contributed by atoms with Crippen molar-refractivity contribution < 1.29 is 18.4 Å². The number of nitrogens with one attached hydrogen (secondary N) is 1. The first-order chi connectivity index (χ1) is 11.8. The van der Waals surface area contributed by atoms with E-state index in [0.29, 0.717) is 11.1 Å². The molecule has 0 bridgehead atoms. The summed E-state index contributed by atoms with van der Waals surface area (Å²) in [6.07, 6.45) is 0. The summed E-state index contributed by atoms with van der Waals surface area (Å²) >= 11 is 0. The Morgan fingerprint density at radius 3 is 2.24 bits per heavy atom. The van der Waals surface area contributed by atoms with Crippen LogP contribution in [-0.2, 0) is 4.79 Å². The maximum Gasteiger partial charge on any atom is 0.251 e. The smallest absolute Gasteiger partial charge is 0.251 e. The van der Waals surface area contributed by atoms with Gasteiger partial charge in [0.05, 0.1) is 6.04 Å². The molecule has 0 saturated heterocycles. The Balaban J connectivity index is 2.05. The Labute approximate surface area is 145 Å². The molecule has 0 aromatic heterocycles. The molecule has 2 unspecified atom stereocenters. The molecule has 6 heteroatoms. The van der Waals surface area contributed by atoms with Crippen molar-refractivity contribution in [3.63, 3.8) is 0 Å². The third-order valence-electron chi connectivity index (χ3n) is 4.11. The molecule has 2 rings (SSSR count). The van der Waals surface area contributed by atoms with Crippen LogP contribution >= 0.6 is 0 Å². The Bertz CT molecular complexity index is 765. The van der Waals surface area contributed by atoms with E-state index < -0.39 is 23.7 Å². The Hall–Kier alpha value is -2.76. The molecule has 0 aliphatic heterocycles. The van der Waals surface area contributed by atoms with Crippen LogP contribution in [0, 0.1) is 11.6 Å². The first kappa shape index (κ1) is 18.6. The minimum Gasteiger partial charge on any atom is -0.341 e. The van der Waals surface area contributed by atoms with Gasteiger partial charge in [-0.15, -0.1) is 0 Å². The van der Waals surface area contributed by atoms with Crippen molar-refractivity contribution in [3.8, 4) is 0 Å². The van der Waals surface area contributed by atoms with Crippen molar-refractivity contribution in [2.24, 2.45) is 0 Å². The number of likely N-dealkylation sites (N-methyl/N-ethyl adjacent to an activating group) is 1. The van der Waals surface area contributed by atoms with E-state index in [2.05, 4.69) is 5.32 Å². The Kier molecular flexibility index (Phi) is 5.85. The molecule has 2 aromatic carbocycles. The van der Waals surface area contributed by atoms with Gasteiger partial charge in [0.25, 0.3) is 5.91 Å². The van der Waals surface area contributed by atoms with Gasteiger partial charge in [0.2, 0.25) is 5.91 Å². The van der Waals surface area contributed by atoms with Crippen molar-refractivity contribution in [3.05, 3.63) is 71.3 Å². The van der Waals surface area contributed by atoms with Crippen LogP contribution in [0.2, 0.25) is 0 Å². The van der Waals surface area contributed by atoms with Gasteiger partial charge in [-0.05, 0) is 43.7 Å². The third kappa shape index (κ3) is 4.41. The van der Waals surface area contributed by atoms with E-state index in [9.17, 15) is 18.4 Å². The Morgan fingerprint density at radius 1 is 1.00 bits per heavy atom. The van der Waals surface area contributed by atoms with Gasteiger partial charge < -0.3 is 10.2 Å². The second-order valence-corrected chi connectivity index (χ2v) is 5.86. The lowest BCUT2D eigenvalue weighted by Gasteiger charge is -2.28. The molecule has 0 radical (unpaired) electrons. The monoisotopic (exact) mass is 346 g/mol. The quantitative estimate of drug-likeness (QED) is 0.903. The second-order valence-electron chi connectivity index (χ2n) is 5.86. The molecule has 0 aliphatic carbocycles. The van der Waals surface area contributed by atoms with Crippen molar-refractivity contribution in [1.29, 1.82) is 0 Å². The lowest BCUT2D eigenvalue weighted by molar-refractivity contribution is -0.133. The summed E-state index contributed by atoms with van der Waals surface area (Å²) in [4.78, 5) is 26.0. The van der Waals surface area contributed by atoms with Gasteiger partial charge >= 0.3 is 0 Å². The molecule has 2 atom stereocenters. The molecule has 0 heterocycles. The predicted molar refractivity (Wildman–Crippen MR) is 90.9 cm³/mol. The number of carbonyl (C=O) groups is 2. The minimum atomic E-state index is -0.962. The normalized spacial score (nSPS) is 13.0. The van der Waals surface area contributed by atoms with Gasteiger partial charge in [0.15, 0.2) is 11.6 Å². The van der Waals surface area contributed by atoms with Crippen LogP contribution in [0.15, 0.2) is 48.5 Å². The van der Waals surface area contributed by atoms with E-state index in [4.69, 9.17) is 0 Å². The van der Waals surface area contributed by atoms with Gasteiger partial charge in [-0.25, -0.2) is 8.78 Å². The van der Waals surface area contributed by atoms with Gasteiger partial charge in [0, 0.05) is 12.6 Å². The van der Waals surface area contributed by atoms with E-state index in [0.717, 1.165) is 12.1 Å². The first-order valence-electron chi connectivity index (χ1n) is 7.88. The molecule has 2 aromatic rings. The van der Waals surface area contributed by atoms with Gasteiger partial charge in [-0.1, -0.05) is 24.3 Å². The van der Waals surface area contributed by atoms with Gasteiger partial charge in [0.1, 0.15) is 6.04 Å². The molecule has 0 aliphatic rings. The zero-order valence-corrected chi connectivity index (χ0v) is 14.3. The first-order valence-corrected chi connectivity index (χ1v) is 7.88. The highest BCUT2D eigenvalue weighted by molar-refractivity contribution is 5.97. The van der Waals surface area contributed by atoms with Crippen LogP contribution in [0.5, 0.6) is 0 Å². The predicted octanol–water partition coefficient (Wildman–Crippen LogP) is 3.30. The molecule has 0 fully saturated rings. The number of halogens is 2. The number of hydrogen-bond donors (Lipinski definition) is 1. The van der Waals surface area contributed by atoms with Crippen LogP contribution in [0.25, 0.3) is 0 Å². The molecule has 2 amide bonds. The summed E-state index contributed by atoms with van der Waals surface area (Å²) in [5, 5.41) is 2.64. The number of nitrogens with zero attached hydrogens (tertiary/aromatic N) is 1. The summed E-state index contributed by atoms with van der Waals surface area (Å²) in [5.41, 5.74) is 0.926. The Morgan fingerprint density at radius 2 is 1.64 bits per heavy atom. The van der Waals surface area contributed by atoms with E-state index in [-0.39, 0.29) is 11.8 Å². The lowest BCUT2D eigenvalue weighted by atomic mass is 10.1. The standard InChI is InChI=1S/C19H20F2N2O2/c1-12(22-18(24)14-7-5-4-6-8-14)19(25)23(3)13(2)15-9-10-16(20)17(21)11-15/h4-13H,1-3H3,(H,22,24). The largest absolute Gasteiger partial charge is 0.341 e. The topological polar surface area (TPSA) is 49.4 Å². The summed E-state index contributed by atoms with van der Waals surface area (Å²) in [5.74, 6) is -2.58. The van der Waals surface area contributed by atoms with Crippen molar-refractivity contribution in [2.45, 2.75) is 25.9 Å². The summed E-state index contributed by atoms with van der Waals surface area (Å²) < 4.78 is 26.4. The van der Waals surface area contributed by atoms with Crippen molar-refractivity contribution in [2.75, 3.05) is 7.05 Å². The average Bonchev–Trinajstić information content (AvgIpc) is 2.62. The minimum absolute atomic E-state index is 0.332. The summed E-state index contributed by atoms with van der Waals surface area (Å²) in [7, 11) is 1.55. The highest BCUT2D eigenvalue weighted by Gasteiger charge is 2.24. The highest BCUT2D eigenvalue weighted by atomic mass is 19.2. The van der Waals surface area contributed by atoms with Crippen molar-refractivity contribution in [1.82, 2.24) is 10.2 Å². The maximum atomic E-state index is 13.4. The molecule has 132 valence electrons. The van der Waals surface area contributed by atoms with Crippen LogP contribution in [0.1, 0.15) is 35.8 Å². The third-order valence-corrected chi connectivity index (χ3v) is 4.11. The van der Waals surface area contributed by atoms with Gasteiger partial charge in [-0.2, -0.15) is 0 Å². The van der Waals surface area contributed by atoms with Crippen LogP contribution in [0.3, 0.4) is 0 Å². The SMILES string of the molecule is CC(NC(=O)c1ccccc1)C(=O)N(C)C(C)c1ccc(F)c(F)c1. The van der Waals surface area contributed by atoms with E-state index in [1.807, 2.05) is 0 Å². The zero-order chi connectivity index (χ0) is 18.6.